The molecule has 1 aliphatic heterocycles. The molecule has 0 saturated carbocycles. The van der Waals surface area contributed by atoms with E-state index in [9.17, 15) is 4.79 Å². The van der Waals surface area contributed by atoms with Gasteiger partial charge in [0.05, 0.1) is 0 Å². The molecule has 1 amide bonds. The minimum atomic E-state index is -0.349. The number of hydrogen-bond donors (Lipinski definition) is 2. The molecule has 0 spiro atoms. The van der Waals surface area contributed by atoms with E-state index in [2.05, 4.69) is 10.6 Å². The number of fused-ring (bicyclic) bond motifs is 1. The zero-order valence-corrected chi connectivity index (χ0v) is 11.6. The number of ether oxygens (including phenoxy) is 2. The number of anilines is 2. The van der Waals surface area contributed by atoms with Crippen LogP contribution in [0.4, 0.5) is 11.4 Å². The van der Waals surface area contributed by atoms with Crippen LogP contribution in [0.3, 0.4) is 0 Å². The smallest absolute Gasteiger partial charge is 0.246 e. The Labute approximate surface area is 122 Å². The first-order valence-corrected chi connectivity index (χ1v) is 6.74. The highest BCUT2D eigenvalue weighted by Crippen LogP contribution is 2.34. The first-order valence-electron chi connectivity index (χ1n) is 6.74. The zero-order chi connectivity index (χ0) is 14.7. The molecule has 5 heteroatoms. The minimum absolute atomic E-state index is 0.113. The molecule has 0 aromatic heterocycles. The molecule has 1 heterocycles. The lowest BCUT2D eigenvalue weighted by molar-refractivity contribution is -0.116. The van der Waals surface area contributed by atoms with E-state index in [1.54, 1.807) is 18.2 Å². The van der Waals surface area contributed by atoms with Gasteiger partial charge in [-0.1, -0.05) is 18.2 Å². The van der Waals surface area contributed by atoms with E-state index in [0.717, 1.165) is 5.69 Å². The van der Waals surface area contributed by atoms with Gasteiger partial charge in [-0.3, -0.25) is 4.79 Å². The topological polar surface area (TPSA) is 59.6 Å². The number of nitrogens with one attached hydrogen (secondary N) is 2. The fraction of sp³-hybridized carbons (Fsp3) is 0.188. The number of carbonyl (C=O) groups is 1. The van der Waals surface area contributed by atoms with Gasteiger partial charge in [0.25, 0.3) is 0 Å². The molecule has 1 aliphatic rings. The molecule has 2 aromatic carbocycles. The molecule has 2 aromatic rings. The van der Waals surface area contributed by atoms with E-state index >= 15 is 0 Å². The summed E-state index contributed by atoms with van der Waals surface area (Å²) in [6.07, 6.45) is 0. The SMILES string of the molecule is C[C@@H](Nc1ccccc1)C(=O)Nc1ccc2c(c1)OCO2. The van der Waals surface area contributed by atoms with Crippen LogP contribution in [0.2, 0.25) is 0 Å². The number of hydrogen-bond acceptors (Lipinski definition) is 4. The van der Waals surface area contributed by atoms with Crippen molar-refractivity contribution in [2.24, 2.45) is 0 Å². The monoisotopic (exact) mass is 284 g/mol. The van der Waals surface area contributed by atoms with Crippen LogP contribution in [-0.2, 0) is 4.79 Å². The Morgan fingerprint density at radius 2 is 1.81 bits per heavy atom. The van der Waals surface area contributed by atoms with Gasteiger partial charge in [-0.15, -0.1) is 0 Å². The first kappa shape index (κ1) is 13.3. The van der Waals surface area contributed by atoms with Crippen LogP contribution >= 0.6 is 0 Å². The molecule has 0 bridgehead atoms. The lowest BCUT2D eigenvalue weighted by Gasteiger charge is -2.15. The molecular weight excluding hydrogens is 268 g/mol. The average Bonchev–Trinajstić information content (AvgIpc) is 2.95. The molecule has 0 unspecified atom stereocenters. The van der Waals surface area contributed by atoms with Crippen LogP contribution in [-0.4, -0.2) is 18.7 Å². The molecule has 3 rings (SSSR count). The Hall–Kier alpha value is -2.69. The van der Waals surface area contributed by atoms with Gasteiger partial charge in [-0.2, -0.15) is 0 Å². The van der Waals surface area contributed by atoms with Crippen LogP contribution in [0.25, 0.3) is 0 Å². The Balaban J connectivity index is 1.63. The lowest BCUT2D eigenvalue weighted by Crippen LogP contribution is -2.31. The Morgan fingerprint density at radius 1 is 1.05 bits per heavy atom. The van der Waals surface area contributed by atoms with E-state index < -0.39 is 0 Å². The Morgan fingerprint density at radius 3 is 2.62 bits per heavy atom. The van der Waals surface area contributed by atoms with Gasteiger partial charge in [-0.25, -0.2) is 0 Å². The van der Waals surface area contributed by atoms with Gasteiger partial charge in [0, 0.05) is 17.4 Å². The molecule has 21 heavy (non-hydrogen) atoms. The predicted molar refractivity (Wildman–Crippen MR) is 80.7 cm³/mol. The average molecular weight is 284 g/mol. The van der Waals surface area contributed by atoms with Crippen molar-refractivity contribution in [1.29, 1.82) is 0 Å². The van der Waals surface area contributed by atoms with Gasteiger partial charge in [0.1, 0.15) is 6.04 Å². The van der Waals surface area contributed by atoms with Crippen molar-refractivity contribution in [3.05, 3.63) is 48.5 Å². The van der Waals surface area contributed by atoms with Crippen molar-refractivity contribution in [3.63, 3.8) is 0 Å². The third kappa shape index (κ3) is 3.08. The van der Waals surface area contributed by atoms with Crippen LogP contribution in [0.1, 0.15) is 6.92 Å². The van der Waals surface area contributed by atoms with Crippen LogP contribution in [0.15, 0.2) is 48.5 Å². The maximum Gasteiger partial charge on any atom is 0.246 e. The van der Waals surface area contributed by atoms with Gasteiger partial charge >= 0.3 is 0 Å². The summed E-state index contributed by atoms with van der Waals surface area (Å²) in [6.45, 7) is 2.04. The standard InChI is InChI=1S/C16H16N2O3/c1-11(17-12-5-3-2-4-6-12)16(19)18-13-7-8-14-15(9-13)21-10-20-14/h2-9,11,17H,10H2,1H3,(H,18,19)/t11-/m1/s1. The predicted octanol–water partition coefficient (Wildman–Crippen LogP) is 2.85. The lowest BCUT2D eigenvalue weighted by atomic mass is 10.2. The second kappa shape index (κ2) is 5.75. The number of rotatable bonds is 4. The second-order valence-corrected chi connectivity index (χ2v) is 4.79. The van der Waals surface area contributed by atoms with Crippen molar-refractivity contribution in [2.75, 3.05) is 17.4 Å². The summed E-state index contributed by atoms with van der Waals surface area (Å²) in [6, 6.07) is 14.6. The van der Waals surface area contributed by atoms with Crippen LogP contribution in [0, 0.1) is 0 Å². The highest BCUT2D eigenvalue weighted by molar-refractivity contribution is 5.96. The van der Waals surface area contributed by atoms with Crippen molar-refractivity contribution >= 4 is 17.3 Å². The van der Waals surface area contributed by atoms with E-state index in [-0.39, 0.29) is 18.7 Å². The maximum atomic E-state index is 12.2. The molecule has 108 valence electrons. The molecule has 0 aliphatic carbocycles. The molecule has 0 saturated heterocycles. The quantitative estimate of drug-likeness (QED) is 0.906. The largest absolute Gasteiger partial charge is 0.454 e. The first-order chi connectivity index (χ1) is 10.2. The van der Waals surface area contributed by atoms with E-state index in [1.165, 1.54) is 0 Å². The van der Waals surface area contributed by atoms with Gasteiger partial charge in [-0.05, 0) is 31.2 Å². The number of carbonyl (C=O) groups excluding carboxylic acids is 1. The summed E-state index contributed by atoms with van der Waals surface area (Å²) in [5.74, 6) is 1.23. The third-order valence-electron chi connectivity index (χ3n) is 3.19. The highest BCUT2D eigenvalue weighted by atomic mass is 16.7. The summed E-state index contributed by atoms with van der Waals surface area (Å²) in [7, 11) is 0. The van der Waals surface area contributed by atoms with Crippen molar-refractivity contribution < 1.29 is 14.3 Å². The second-order valence-electron chi connectivity index (χ2n) is 4.79. The zero-order valence-electron chi connectivity index (χ0n) is 11.6. The molecule has 5 nitrogen and oxygen atoms in total. The molecular formula is C16H16N2O3. The molecule has 1 atom stereocenters. The Bertz CT molecular complexity index is 643. The van der Waals surface area contributed by atoms with E-state index in [4.69, 9.17) is 9.47 Å². The summed E-state index contributed by atoms with van der Waals surface area (Å²) in [4.78, 5) is 12.2. The van der Waals surface area contributed by atoms with E-state index in [1.807, 2.05) is 37.3 Å². The van der Waals surface area contributed by atoms with Gasteiger partial charge in [0.2, 0.25) is 12.7 Å². The fourth-order valence-electron chi connectivity index (χ4n) is 2.07. The van der Waals surface area contributed by atoms with Crippen molar-refractivity contribution in [3.8, 4) is 11.5 Å². The molecule has 2 N–H and O–H groups in total. The minimum Gasteiger partial charge on any atom is -0.454 e. The normalized spacial score (nSPS) is 13.6. The van der Waals surface area contributed by atoms with Gasteiger partial charge in [0.15, 0.2) is 11.5 Å². The summed E-state index contributed by atoms with van der Waals surface area (Å²) in [5.41, 5.74) is 1.59. The van der Waals surface area contributed by atoms with Crippen molar-refractivity contribution in [2.45, 2.75) is 13.0 Å². The van der Waals surface area contributed by atoms with E-state index in [0.29, 0.717) is 17.2 Å². The summed E-state index contributed by atoms with van der Waals surface area (Å²) >= 11 is 0. The summed E-state index contributed by atoms with van der Waals surface area (Å²) in [5, 5.41) is 6.00. The van der Waals surface area contributed by atoms with Crippen LogP contribution in [0.5, 0.6) is 11.5 Å². The third-order valence-corrected chi connectivity index (χ3v) is 3.19. The van der Waals surface area contributed by atoms with Gasteiger partial charge < -0.3 is 20.1 Å². The fourth-order valence-corrected chi connectivity index (χ4v) is 2.07. The summed E-state index contributed by atoms with van der Waals surface area (Å²) < 4.78 is 10.5. The highest BCUT2D eigenvalue weighted by Gasteiger charge is 2.16. The maximum absolute atomic E-state index is 12.2. The van der Waals surface area contributed by atoms with Crippen molar-refractivity contribution in [1.82, 2.24) is 0 Å². The molecule has 0 radical (unpaired) electrons. The number of benzene rings is 2. The number of amides is 1. The van der Waals surface area contributed by atoms with Crippen LogP contribution < -0.4 is 20.1 Å². The Kier molecular flexibility index (Phi) is 3.64. The molecule has 0 fully saturated rings. The number of para-hydroxylation sites is 1.